The molecule has 4 rings (SSSR count). The largest absolute Gasteiger partial charge is 0.494 e. The van der Waals surface area contributed by atoms with Gasteiger partial charge in [-0.1, -0.05) is 0 Å². The minimum absolute atomic E-state index is 0.158. The van der Waals surface area contributed by atoms with E-state index in [0.717, 1.165) is 24.1 Å². The molecule has 0 unspecified atom stereocenters. The molecule has 0 aromatic carbocycles. The Balaban J connectivity index is 1.51. The highest BCUT2D eigenvalue weighted by molar-refractivity contribution is 5.96. The number of pyridine rings is 2. The van der Waals surface area contributed by atoms with Crippen molar-refractivity contribution in [1.82, 2.24) is 14.9 Å². The van der Waals surface area contributed by atoms with E-state index in [2.05, 4.69) is 14.9 Å². The lowest BCUT2D eigenvalue weighted by Gasteiger charge is -2.36. The number of nitrogens with two attached hydrogens (primary N) is 1. The maximum Gasteiger partial charge on any atom is 0.276 e. The lowest BCUT2D eigenvalue weighted by atomic mass is 10.1. The Hall–Kier alpha value is -3.23. The van der Waals surface area contributed by atoms with Gasteiger partial charge in [0.15, 0.2) is 17.2 Å². The molecule has 1 saturated carbocycles. The second-order valence-corrected chi connectivity index (χ2v) is 7.46. The highest BCUT2D eigenvalue weighted by Crippen LogP contribution is 2.47. The molecule has 0 radical (unpaired) electrons. The van der Waals surface area contributed by atoms with Crippen LogP contribution in [0, 0.1) is 0 Å². The molecule has 1 saturated heterocycles. The quantitative estimate of drug-likeness (QED) is 0.766. The summed E-state index contributed by atoms with van der Waals surface area (Å²) < 4.78 is 16.6. The van der Waals surface area contributed by atoms with Crippen molar-refractivity contribution in [1.29, 1.82) is 0 Å². The van der Waals surface area contributed by atoms with Gasteiger partial charge in [-0.25, -0.2) is 9.97 Å². The highest BCUT2D eigenvalue weighted by Gasteiger charge is 2.33. The zero-order valence-electron chi connectivity index (χ0n) is 17.6. The molecule has 2 aromatic rings. The fraction of sp³-hybridized carbons (Fsp3) is 0.476. The molecule has 2 aliphatic rings. The first-order valence-corrected chi connectivity index (χ1v) is 10.0. The number of ether oxygens (including phenoxy) is 3. The number of piperazine rings is 1. The molecule has 9 heteroatoms. The van der Waals surface area contributed by atoms with Crippen LogP contribution in [0.3, 0.4) is 0 Å². The number of amides is 1. The Morgan fingerprint density at radius 2 is 1.70 bits per heavy atom. The minimum Gasteiger partial charge on any atom is -0.494 e. The summed E-state index contributed by atoms with van der Waals surface area (Å²) in [6.45, 7) is 2.38. The van der Waals surface area contributed by atoms with Crippen molar-refractivity contribution in [2.24, 2.45) is 0 Å². The van der Waals surface area contributed by atoms with Crippen molar-refractivity contribution in [3.05, 3.63) is 29.7 Å². The van der Waals surface area contributed by atoms with Crippen LogP contribution in [0.15, 0.2) is 18.5 Å². The Morgan fingerprint density at radius 3 is 2.30 bits per heavy atom. The maximum absolute atomic E-state index is 13.2. The van der Waals surface area contributed by atoms with E-state index in [0.29, 0.717) is 60.9 Å². The van der Waals surface area contributed by atoms with Crippen LogP contribution in [-0.4, -0.2) is 68.3 Å². The van der Waals surface area contributed by atoms with Crippen LogP contribution < -0.4 is 24.8 Å². The van der Waals surface area contributed by atoms with E-state index in [1.165, 1.54) is 0 Å². The van der Waals surface area contributed by atoms with E-state index in [9.17, 15) is 4.79 Å². The number of hydrogen-bond donors (Lipinski definition) is 1. The van der Waals surface area contributed by atoms with Gasteiger partial charge in [0.1, 0.15) is 11.6 Å². The van der Waals surface area contributed by atoms with Gasteiger partial charge in [0, 0.05) is 44.0 Å². The van der Waals surface area contributed by atoms with Crippen LogP contribution in [0.25, 0.3) is 0 Å². The molecule has 9 nitrogen and oxygen atoms in total. The molecule has 1 amide bonds. The third kappa shape index (κ3) is 3.67. The van der Waals surface area contributed by atoms with Crippen LogP contribution in [-0.2, 0) is 0 Å². The summed E-state index contributed by atoms with van der Waals surface area (Å²) in [6.07, 6.45) is 5.69. The van der Waals surface area contributed by atoms with Gasteiger partial charge in [-0.3, -0.25) is 4.79 Å². The number of hydrogen-bond acceptors (Lipinski definition) is 8. The first-order chi connectivity index (χ1) is 14.6. The van der Waals surface area contributed by atoms with Crippen molar-refractivity contribution in [2.45, 2.75) is 18.8 Å². The third-order valence-corrected chi connectivity index (χ3v) is 5.64. The number of carbonyl (C=O) groups is 1. The van der Waals surface area contributed by atoms with Crippen LogP contribution in [0.5, 0.6) is 17.2 Å². The summed E-state index contributed by atoms with van der Waals surface area (Å²) in [5.74, 6) is 2.40. The van der Waals surface area contributed by atoms with Crippen molar-refractivity contribution in [3.63, 3.8) is 0 Å². The molecule has 1 aliphatic heterocycles. The predicted octanol–water partition coefficient (Wildman–Crippen LogP) is 1.92. The SMILES string of the molecule is COc1cc(N)ncc1N1CCN(C(=O)c2ncc(C3CC3)c(OC)c2OC)CC1. The van der Waals surface area contributed by atoms with Gasteiger partial charge in [-0.05, 0) is 18.8 Å². The van der Waals surface area contributed by atoms with E-state index in [-0.39, 0.29) is 5.91 Å². The summed E-state index contributed by atoms with van der Waals surface area (Å²) in [5, 5.41) is 0. The van der Waals surface area contributed by atoms with Crippen LogP contribution in [0.4, 0.5) is 11.5 Å². The maximum atomic E-state index is 13.2. The molecule has 0 atom stereocenters. The van der Waals surface area contributed by atoms with E-state index in [1.807, 2.05) is 0 Å². The smallest absolute Gasteiger partial charge is 0.276 e. The number of rotatable bonds is 6. The summed E-state index contributed by atoms with van der Waals surface area (Å²) in [6, 6.07) is 1.70. The monoisotopic (exact) mass is 413 g/mol. The Bertz CT molecular complexity index is 939. The Labute approximate surface area is 175 Å². The van der Waals surface area contributed by atoms with E-state index in [4.69, 9.17) is 19.9 Å². The average Bonchev–Trinajstić information content (AvgIpc) is 3.62. The van der Waals surface area contributed by atoms with Gasteiger partial charge in [0.05, 0.1) is 33.2 Å². The second-order valence-electron chi connectivity index (χ2n) is 7.46. The number of nitrogens with zero attached hydrogens (tertiary/aromatic N) is 4. The lowest BCUT2D eigenvalue weighted by molar-refractivity contribution is 0.0736. The van der Waals surface area contributed by atoms with Crippen molar-refractivity contribution in [3.8, 4) is 17.2 Å². The molecule has 3 heterocycles. The topological polar surface area (TPSA) is 103 Å². The number of aromatic nitrogens is 2. The van der Waals surface area contributed by atoms with E-state index >= 15 is 0 Å². The zero-order valence-corrected chi connectivity index (χ0v) is 17.6. The van der Waals surface area contributed by atoms with Crippen molar-refractivity contribution in [2.75, 3.05) is 58.1 Å². The van der Waals surface area contributed by atoms with Gasteiger partial charge < -0.3 is 29.7 Å². The lowest BCUT2D eigenvalue weighted by Crippen LogP contribution is -2.49. The second kappa shape index (κ2) is 8.25. The first-order valence-electron chi connectivity index (χ1n) is 10.0. The number of carbonyl (C=O) groups excluding carboxylic acids is 1. The number of anilines is 2. The Morgan fingerprint density at radius 1 is 1.00 bits per heavy atom. The molecular formula is C21H27N5O4. The van der Waals surface area contributed by atoms with Crippen molar-refractivity contribution >= 4 is 17.4 Å². The van der Waals surface area contributed by atoms with Crippen LogP contribution in [0.1, 0.15) is 34.8 Å². The minimum atomic E-state index is -0.158. The average molecular weight is 413 g/mol. The van der Waals surface area contributed by atoms with Gasteiger partial charge in [0.25, 0.3) is 5.91 Å². The molecule has 0 spiro atoms. The molecule has 1 aliphatic carbocycles. The van der Waals surface area contributed by atoms with Crippen LogP contribution >= 0.6 is 0 Å². The van der Waals surface area contributed by atoms with Gasteiger partial charge in [-0.15, -0.1) is 0 Å². The van der Waals surface area contributed by atoms with E-state index in [1.54, 1.807) is 44.7 Å². The zero-order chi connectivity index (χ0) is 21.3. The normalized spacial score (nSPS) is 16.4. The molecule has 2 fully saturated rings. The van der Waals surface area contributed by atoms with E-state index < -0.39 is 0 Å². The highest BCUT2D eigenvalue weighted by atomic mass is 16.5. The molecule has 2 N–H and O–H groups in total. The summed E-state index contributed by atoms with van der Waals surface area (Å²) in [4.78, 5) is 25.8. The molecular weight excluding hydrogens is 386 g/mol. The van der Waals surface area contributed by atoms with Crippen molar-refractivity contribution < 1.29 is 19.0 Å². The predicted molar refractivity (Wildman–Crippen MR) is 113 cm³/mol. The first kappa shape index (κ1) is 20.1. The van der Waals surface area contributed by atoms with Gasteiger partial charge in [0.2, 0.25) is 0 Å². The van der Waals surface area contributed by atoms with Gasteiger partial charge in [-0.2, -0.15) is 0 Å². The fourth-order valence-corrected chi connectivity index (χ4v) is 3.87. The molecule has 0 bridgehead atoms. The number of nitrogen functional groups attached to an aromatic ring is 1. The molecule has 30 heavy (non-hydrogen) atoms. The Kier molecular flexibility index (Phi) is 5.52. The number of methoxy groups -OCH3 is 3. The summed E-state index contributed by atoms with van der Waals surface area (Å²) in [5.41, 5.74) is 7.92. The molecule has 160 valence electrons. The van der Waals surface area contributed by atoms with Crippen LogP contribution in [0.2, 0.25) is 0 Å². The van der Waals surface area contributed by atoms with Gasteiger partial charge >= 0.3 is 0 Å². The molecule has 2 aromatic heterocycles. The summed E-state index contributed by atoms with van der Waals surface area (Å²) >= 11 is 0. The fourth-order valence-electron chi connectivity index (χ4n) is 3.87. The summed E-state index contributed by atoms with van der Waals surface area (Å²) in [7, 11) is 4.75. The third-order valence-electron chi connectivity index (χ3n) is 5.64. The standard InChI is InChI=1S/C21H27N5O4/c1-28-16-10-17(22)23-12-15(16)25-6-8-26(9-7-25)21(27)18-20(30-3)19(29-2)14(11-24-18)13-4-5-13/h10-13H,4-9H2,1-3H3,(H2,22,23).